The average Bonchev–Trinajstić information content (AvgIpc) is 3.63. The molecule has 182 valence electrons. The zero-order chi connectivity index (χ0) is 24.2. The molecule has 2 amide bonds. The molecule has 0 saturated heterocycles. The molecule has 2 N–H and O–H groups in total. The van der Waals surface area contributed by atoms with Crippen LogP contribution in [0, 0.1) is 0 Å². The molecule has 0 atom stereocenters. The third-order valence-electron chi connectivity index (χ3n) is 6.67. The van der Waals surface area contributed by atoms with Crippen LogP contribution in [0.2, 0.25) is 0 Å². The van der Waals surface area contributed by atoms with Crippen LogP contribution in [-0.4, -0.2) is 27.4 Å². The second kappa shape index (κ2) is 10.6. The van der Waals surface area contributed by atoms with Gasteiger partial charge in [0.2, 0.25) is 5.43 Å². The molecule has 0 spiro atoms. The van der Waals surface area contributed by atoms with E-state index in [1.165, 1.54) is 12.0 Å². The summed E-state index contributed by atoms with van der Waals surface area (Å²) in [7, 11) is 0. The maximum absolute atomic E-state index is 13.2. The van der Waals surface area contributed by atoms with Gasteiger partial charge in [-0.1, -0.05) is 49.6 Å². The van der Waals surface area contributed by atoms with E-state index in [9.17, 15) is 14.4 Å². The van der Waals surface area contributed by atoms with Gasteiger partial charge >= 0.3 is 0 Å². The Kier molecular flexibility index (Phi) is 7.08. The highest BCUT2D eigenvalue weighted by atomic mass is 32.1. The maximum atomic E-state index is 13.2. The van der Waals surface area contributed by atoms with E-state index in [0.717, 1.165) is 55.6 Å². The summed E-state index contributed by atoms with van der Waals surface area (Å²) >= 11 is 1.55. The number of carbonyl (C=O) groups is 2. The fourth-order valence-corrected chi connectivity index (χ4v) is 5.39. The van der Waals surface area contributed by atoms with Gasteiger partial charge in [0.1, 0.15) is 11.1 Å². The molecule has 0 bridgehead atoms. The summed E-state index contributed by atoms with van der Waals surface area (Å²) < 4.78 is 1.85. The number of nitrogens with one attached hydrogen (secondary N) is 2. The van der Waals surface area contributed by atoms with Crippen LogP contribution in [0.1, 0.15) is 88.0 Å². The predicted molar refractivity (Wildman–Crippen MR) is 136 cm³/mol. The van der Waals surface area contributed by atoms with E-state index < -0.39 is 11.3 Å². The summed E-state index contributed by atoms with van der Waals surface area (Å²) in [6.45, 7) is 0.228. The van der Waals surface area contributed by atoms with Crippen molar-refractivity contribution in [1.82, 2.24) is 20.2 Å². The third-order valence-corrected chi connectivity index (χ3v) is 7.57. The molecule has 7 nitrogen and oxygen atoms in total. The van der Waals surface area contributed by atoms with E-state index in [0.29, 0.717) is 0 Å². The Labute approximate surface area is 208 Å². The van der Waals surface area contributed by atoms with Crippen molar-refractivity contribution in [3.63, 3.8) is 0 Å². The average molecular weight is 491 g/mol. The zero-order valence-electron chi connectivity index (χ0n) is 19.7. The van der Waals surface area contributed by atoms with Crippen LogP contribution in [0.25, 0.3) is 0 Å². The van der Waals surface area contributed by atoms with E-state index in [1.807, 2.05) is 28.1 Å². The van der Waals surface area contributed by atoms with Crippen molar-refractivity contribution < 1.29 is 9.59 Å². The third kappa shape index (κ3) is 5.88. The van der Waals surface area contributed by atoms with Crippen molar-refractivity contribution in [1.29, 1.82) is 0 Å². The van der Waals surface area contributed by atoms with Crippen molar-refractivity contribution >= 4 is 23.2 Å². The van der Waals surface area contributed by atoms with Crippen molar-refractivity contribution in [2.75, 3.05) is 0 Å². The summed E-state index contributed by atoms with van der Waals surface area (Å²) in [6.07, 6.45) is 11.1. The molecule has 2 aliphatic carbocycles. The SMILES string of the molecule is O=C(NCc1csc(Cc2ccccc2)n1)c1cn(C2CC2)cc(C(=O)NC2CCCCC2)c1=O. The lowest BCUT2D eigenvalue weighted by Crippen LogP contribution is -2.40. The monoisotopic (exact) mass is 490 g/mol. The number of carbonyl (C=O) groups excluding carboxylic acids is 2. The highest BCUT2D eigenvalue weighted by Gasteiger charge is 2.28. The summed E-state index contributed by atoms with van der Waals surface area (Å²) in [5.41, 5.74) is 1.47. The van der Waals surface area contributed by atoms with Crippen LogP contribution in [-0.2, 0) is 13.0 Å². The van der Waals surface area contributed by atoms with Gasteiger partial charge in [0.25, 0.3) is 11.8 Å². The van der Waals surface area contributed by atoms with E-state index in [1.54, 1.807) is 23.7 Å². The van der Waals surface area contributed by atoms with E-state index >= 15 is 0 Å². The van der Waals surface area contributed by atoms with Crippen molar-refractivity contribution in [2.24, 2.45) is 0 Å². The smallest absolute Gasteiger partial charge is 0.257 e. The molecule has 2 aliphatic rings. The van der Waals surface area contributed by atoms with Gasteiger partial charge in [0, 0.05) is 36.3 Å². The van der Waals surface area contributed by atoms with Crippen molar-refractivity contribution in [3.05, 3.63) is 85.7 Å². The first-order valence-electron chi connectivity index (χ1n) is 12.4. The summed E-state index contributed by atoms with van der Waals surface area (Å²) in [5, 5.41) is 8.74. The minimum atomic E-state index is -0.518. The summed E-state index contributed by atoms with van der Waals surface area (Å²) in [4.78, 5) is 43.8. The number of thiazole rings is 1. The molecule has 2 aromatic heterocycles. The van der Waals surface area contributed by atoms with Crippen LogP contribution in [0.4, 0.5) is 0 Å². The van der Waals surface area contributed by atoms with Crippen LogP contribution in [0.3, 0.4) is 0 Å². The van der Waals surface area contributed by atoms with Gasteiger partial charge in [-0.2, -0.15) is 0 Å². The lowest BCUT2D eigenvalue weighted by atomic mass is 9.95. The molecular formula is C27H30N4O3S. The van der Waals surface area contributed by atoms with Crippen LogP contribution >= 0.6 is 11.3 Å². The first-order chi connectivity index (χ1) is 17.1. The highest BCUT2D eigenvalue weighted by molar-refractivity contribution is 7.09. The van der Waals surface area contributed by atoms with Gasteiger partial charge in [-0.3, -0.25) is 14.4 Å². The lowest BCUT2D eigenvalue weighted by molar-refractivity contribution is 0.0925. The second-order valence-corrected chi connectivity index (χ2v) is 10.4. The Balaban J connectivity index is 1.28. The molecule has 3 aromatic rings. The largest absolute Gasteiger partial charge is 0.349 e. The summed E-state index contributed by atoms with van der Waals surface area (Å²) in [6, 6.07) is 10.4. The van der Waals surface area contributed by atoms with Crippen LogP contribution < -0.4 is 16.1 Å². The van der Waals surface area contributed by atoms with Gasteiger partial charge in [0.15, 0.2) is 0 Å². The van der Waals surface area contributed by atoms with Gasteiger partial charge in [-0.05, 0) is 31.2 Å². The van der Waals surface area contributed by atoms with Crippen LogP contribution in [0.5, 0.6) is 0 Å². The number of hydrogen-bond donors (Lipinski definition) is 2. The molecule has 0 aliphatic heterocycles. The minimum Gasteiger partial charge on any atom is -0.349 e. The summed E-state index contributed by atoms with van der Waals surface area (Å²) in [5.74, 6) is -0.856. The highest BCUT2D eigenvalue weighted by Crippen LogP contribution is 2.34. The fourth-order valence-electron chi connectivity index (χ4n) is 4.56. The molecule has 2 heterocycles. The minimum absolute atomic E-state index is 0.00735. The molecule has 0 radical (unpaired) electrons. The molecule has 2 saturated carbocycles. The molecule has 2 fully saturated rings. The van der Waals surface area contributed by atoms with Crippen LogP contribution in [0.15, 0.2) is 52.9 Å². The van der Waals surface area contributed by atoms with E-state index in [2.05, 4.69) is 27.8 Å². The first-order valence-corrected chi connectivity index (χ1v) is 13.3. The number of pyridine rings is 1. The second-order valence-electron chi connectivity index (χ2n) is 9.48. The van der Waals surface area contributed by atoms with Crippen molar-refractivity contribution in [3.8, 4) is 0 Å². The Bertz CT molecular complexity index is 1260. The first kappa shape index (κ1) is 23.5. The van der Waals surface area contributed by atoms with Gasteiger partial charge < -0.3 is 15.2 Å². The quantitative estimate of drug-likeness (QED) is 0.494. The molecular weight excluding hydrogens is 460 g/mol. The number of hydrogen-bond acceptors (Lipinski definition) is 5. The fraction of sp³-hybridized carbons (Fsp3) is 0.407. The Morgan fingerprint density at radius 1 is 0.971 bits per heavy atom. The Hall–Kier alpha value is -3.26. The van der Waals surface area contributed by atoms with E-state index in [-0.39, 0.29) is 35.7 Å². The number of aromatic nitrogens is 2. The Morgan fingerprint density at radius 3 is 2.40 bits per heavy atom. The maximum Gasteiger partial charge on any atom is 0.257 e. The molecule has 0 unspecified atom stereocenters. The lowest BCUT2D eigenvalue weighted by Gasteiger charge is -2.23. The van der Waals surface area contributed by atoms with Gasteiger partial charge in [-0.15, -0.1) is 11.3 Å². The number of benzene rings is 1. The number of nitrogens with zero attached hydrogens (tertiary/aromatic N) is 2. The number of amides is 2. The molecule has 8 heteroatoms. The Morgan fingerprint density at radius 2 is 1.69 bits per heavy atom. The number of rotatable bonds is 8. The van der Waals surface area contributed by atoms with Crippen molar-refractivity contribution in [2.45, 2.75) is 70.0 Å². The standard InChI is InChI=1S/C27H30N4O3S/c32-25-22(26(33)28-14-20-17-35-24(29-20)13-18-7-3-1-4-8-18)15-31(21-11-12-21)16-23(25)27(34)30-19-9-5-2-6-10-19/h1,3-4,7-8,15-17,19,21H,2,5-6,9-14H2,(H,28,33)(H,30,34). The molecule has 5 rings (SSSR count). The van der Waals surface area contributed by atoms with Gasteiger partial charge in [-0.25, -0.2) is 4.98 Å². The van der Waals surface area contributed by atoms with Gasteiger partial charge in [0.05, 0.1) is 17.2 Å². The van der Waals surface area contributed by atoms with E-state index in [4.69, 9.17) is 0 Å². The topological polar surface area (TPSA) is 93.1 Å². The molecule has 35 heavy (non-hydrogen) atoms. The molecule has 1 aromatic carbocycles. The zero-order valence-corrected chi connectivity index (χ0v) is 20.5. The predicted octanol–water partition coefficient (Wildman–Crippen LogP) is 4.22. The normalized spacial score (nSPS) is 16.1.